The molecule has 1 aromatic rings. The Bertz CT molecular complexity index is 346. The van der Waals surface area contributed by atoms with E-state index in [0.717, 1.165) is 25.3 Å². The summed E-state index contributed by atoms with van der Waals surface area (Å²) in [7, 11) is 0. The normalized spacial score (nSPS) is 20.8. The van der Waals surface area contributed by atoms with Crippen molar-refractivity contribution >= 4 is 5.69 Å². The Hall–Kier alpha value is -1.09. The molecule has 1 heterocycles. The molecule has 3 heteroatoms. The lowest BCUT2D eigenvalue weighted by molar-refractivity contribution is 0.393. The van der Waals surface area contributed by atoms with Crippen molar-refractivity contribution in [3.63, 3.8) is 0 Å². The van der Waals surface area contributed by atoms with Gasteiger partial charge in [0.15, 0.2) is 0 Å². The predicted octanol–water partition coefficient (Wildman–Crippen LogP) is 2.55. The van der Waals surface area contributed by atoms with Crippen LogP contribution in [0.5, 0.6) is 0 Å². The number of piperidine rings is 1. The van der Waals surface area contributed by atoms with E-state index in [1.54, 1.807) is 6.07 Å². The van der Waals surface area contributed by atoms with Crippen molar-refractivity contribution in [2.75, 3.05) is 25.0 Å². The first kappa shape index (κ1) is 11.4. The minimum Gasteiger partial charge on any atom is -0.384 e. The van der Waals surface area contributed by atoms with Crippen LogP contribution in [-0.2, 0) is 0 Å². The summed E-state index contributed by atoms with van der Waals surface area (Å²) in [6, 6.07) is 5.20. The molecule has 0 aromatic heterocycles. The molecular weight excluding hydrogens is 203 g/mol. The summed E-state index contributed by atoms with van der Waals surface area (Å²) in [5.41, 5.74) is 1.64. The lowest BCUT2D eigenvalue weighted by atomic mass is 9.99. The third kappa shape index (κ3) is 2.73. The average molecular weight is 222 g/mol. The van der Waals surface area contributed by atoms with Crippen LogP contribution in [0, 0.1) is 18.7 Å². The Labute approximate surface area is 96.2 Å². The molecule has 0 aliphatic carbocycles. The van der Waals surface area contributed by atoms with Gasteiger partial charge in [-0.05, 0) is 50.9 Å². The molecule has 16 heavy (non-hydrogen) atoms. The quantitative estimate of drug-likeness (QED) is 0.821. The molecule has 0 spiro atoms. The number of hydrogen-bond acceptors (Lipinski definition) is 2. The summed E-state index contributed by atoms with van der Waals surface area (Å²) in [4.78, 5) is 0. The van der Waals surface area contributed by atoms with Crippen molar-refractivity contribution in [2.45, 2.75) is 19.8 Å². The summed E-state index contributed by atoms with van der Waals surface area (Å²) in [5.74, 6) is 0.531. The molecule has 2 N–H and O–H groups in total. The van der Waals surface area contributed by atoms with Crippen LogP contribution in [0.1, 0.15) is 18.4 Å². The number of rotatable bonds is 3. The zero-order valence-corrected chi connectivity index (χ0v) is 9.72. The molecule has 1 aliphatic rings. The van der Waals surface area contributed by atoms with Crippen molar-refractivity contribution in [1.29, 1.82) is 0 Å². The van der Waals surface area contributed by atoms with Crippen LogP contribution in [-0.4, -0.2) is 19.6 Å². The fourth-order valence-corrected chi connectivity index (χ4v) is 2.15. The molecule has 2 rings (SSSR count). The molecule has 88 valence electrons. The molecule has 1 saturated heterocycles. The highest BCUT2D eigenvalue weighted by molar-refractivity contribution is 5.50. The van der Waals surface area contributed by atoms with Crippen molar-refractivity contribution in [3.05, 3.63) is 29.6 Å². The number of halogens is 1. The van der Waals surface area contributed by atoms with Crippen molar-refractivity contribution in [3.8, 4) is 0 Å². The fourth-order valence-electron chi connectivity index (χ4n) is 2.15. The number of anilines is 1. The minimum absolute atomic E-state index is 0.133. The average Bonchev–Trinajstić information content (AvgIpc) is 2.32. The molecule has 1 aliphatic heterocycles. The Morgan fingerprint density at radius 1 is 1.50 bits per heavy atom. The van der Waals surface area contributed by atoms with E-state index >= 15 is 0 Å². The maximum absolute atomic E-state index is 13.3. The zero-order valence-electron chi connectivity index (χ0n) is 9.72. The highest BCUT2D eigenvalue weighted by atomic mass is 19.1. The Balaban J connectivity index is 1.91. The molecule has 1 aromatic carbocycles. The van der Waals surface area contributed by atoms with E-state index in [2.05, 4.69) is 10.6 Å². The molecule has 0 bridgehead atoms. The second-order valence-corrected chi connectivity index (χ2v) is 4.51. The van der Waals surface area contributed by atoms with Crippen LogP contribution < -0.4 is 10.6 Å². The monoisotopic (exact) mass is 222 g/mol. The third-order valence-corrected chi connectivity index (χ3v) is 3.25. The first-order chi connectivity index (χ1) is 7.77. The SMILES string of the molecule is Cc1c(F)cccc1NCC1CCCNC1. The fraction of sp³-hybridized carbons (Fsp3) is 0.538. The molecule has 0 radical (unpaired) electrons. The first-order valence-corrected chi connectivity index (χ1v) is 5.97. The molecule has 0 amide bonds. The summed E-state index contributed by atoms with van der Waals surface area (Å²) >= 11 is 0. The van der Waals surface area contributed by atoms with Gasteiger partial charge in [0, 0.05) is 17.8 Å². The Kier molecular flexibility index (Phi) is 3.78. The van der Waals surface area contributed by atoms with E-state index in [1.165, 1.54) is 18.9 Å². The van der Waals surface area contributed by atoms with Gasteiger partial charge in [-0.2, -0.15) is 0 Å². The topological polar surface area (TPSA) is 24.1 Å². The van der Waals surface area contributed by atoms with Gasteiger partial charge in [0.05, 0.1) is 0 Å². The molecule has 2 nitrogen and oxygen atoms in total. The minimum atomic E-state index is -0.133. The van der Waals surface area contributed by atoms with Gasteiger partial charge in [-0.25, -0.2) is 4.39 Å². The Morgan fingerprint density at radius 2 is 2.38 bits per heavy atom. The van der Waals surface area contributed by atoms with Gasteiger partial charge in [-0.15, -0.1) is 0 Å². The van der Waals surface area contributed by atoms with Crippen molar-refractivity contribution in [1.82, 2.24) is 5.32 Å². The van der Waals surface area contributed by atoms with Crippen molar-refractivity contribution in [2.24, 2.45) is 5.92 Å². The van der Waals surface area contributed by atoms with Gasteiger partial charge in [-0.3, -0.25) is 0 Å². The van der Waals surface area contributed by atoms with E-state index in [-0.39, 0.29) is 5.82 Å². The third-order valence-electron chi connectivity index (χ3n) is 3.25. The van der Waals surface area contributed by atoms with E-state index in [9.17, 15) is 4.39 Å². The van der Waals surface area contributed by atoms with E-state index < -0.39 is 0 Å². The maximum Gasteiger partial charge on any atom is 0.128 e. The van der Waals surface area contributed by atoms with Crippen LogP contribution in [0.2, 0.25) is 0 Å². The molecular formula is C13H19FN2. The summed E-state index contributed by atoms with van der Waals surface area (Å²) in [6.45, 7) is 4.95. The second kappa shape index (κ2) is 5.30. The lowest BCUT2D eigenvalue weighted by Crippen LogP contribution is -2.33. The standard InChI is InChI=1S/C13H19FN2/c1-10-12(14)5-2-6-13(10)16-9-11-4-3-7-15-8-11/h2,5-6,11,15-16H,3-4,7-9H2,1H3. The summed E-state index contributed by atoms with van der Waals surface area (Å²) in [6.07, 6.45) is 2.50. The van der Waals surface area contributed by atoms with Crippen LogP contribution in [0.3, 0.4) is 0 Å². The first-order valence-electron chi connectivity index (χ1n) is 5.97. The second-order valence-electron chi connectivity index (χ2n) is 4.51. The maximum atomic E-state index is 13.3. The van der Waals surface area contributed by atoms with Crippen LogP contribution >= 0.6 is 0 Å². The summed E-state index contributed by atoms with van der Waals surface area (Å²) < 4.78 is 13.3. The highest BCUT2D eigenvalue weighted by Gasteiger charge is 2.13. The molecule has 1 unspecified atom stereocenters. The van der Waals surface area contributed by atoms with Gasteiger partial charge < -0.3 is 10.6 Å². The van der Waals surface area contributed by atoms with E-state index in [0.29, 0.717) is 11.5 Å². The largest absolute Gasteiger partial charge is 0.384 e. The number of nitrogens with one attached hydrogen (secondary N) is 2. The van der Waals surface area contributed by atoms with Crippen LogP contribution in [0.25, 0.3) is 0 Å². The highest BCUT2D eigenvalue weighted by Crippen LogP contribution is 2.18. The lowest BCUT2D eigenvalue weighted by Gasteiger charge is -2.23. The number of benzene rings is 1. The van der Waals surface area contributed by atoms with Gasteiger partial charge >= 0.3 is 0 Å². The van der Waals surface area contributed by atoms with Crippen LogP contribution in [0.4, 0.5) is 10.1 Å². The predicted molar refractivity (Wildman–Crippen MR) is 65.2 cm³/mol. The van der Waals surface area contributed by atoms with Crippen molar-refractivity contribution < 1.29 is 4.39 Å². The smallest absolute Gasteiger partial charge is 0.128 e. The zero-order chi connectivity index (χ0) is 11.4. The Morgan fingerprint density at radius 3 is 3.12 bits per heavy atom. The summed E-state index contributed by atoms with van der Waals surface area (Å²) in [5, 5.41) is 6.73. The van der Waals surface area contributed by atoms with E-state index in [1.807, 2.05) is 13.0 Å². The van der Waals surface area contributed by atoms with E-state index in [4.69, 9.17) is 0 Å². The van der Waals surface area contributed by atoms with Gasteiger partial charge in [0.25, 0.3) is 0 Å². The van der Waals surface area contributed by atoms with Crippen LogP contribution in [0.15, 0.2) is 18.2 Å². The van der Waals surface area contributed by atoms with Gasteiger partial charge in [0.2, 0.25) is 0 Å². The van der Waals surface area contributed by atoms with Gasteiger partial charge in [-0.1, -0.05) is 6.07 Å². The molecule has 1 fully saturated rings. The molecule has 1 atom stereocenters. The molecule has 0 saturated carbocycles. The number of hydrogen-bond donors (Lipinski definition) is 2. The van der Waals surface area contributed by atoms with Gasteiger partial charge in [0.1, 0.15) is 5.82 Å².